The summed E-state index contributed by atoms with van der Waals surface area (Å²) in [5.41, 5.74) is 1.21. The van der Waals surface area contributed by atoms with Gasteiger partial charge in [-0.3, -0.25) is 4.79 Å². The minimum absolute atomic E-state index is 0.0240. The molecular formula is C25H44N4O6. The zero-order chi connectivity index (χ0) is 27.0. The Kier molecular flexibility index (Phi) is 15.9. The van der Waals surface area contributed by atoms with Crippen LogP contribution in [0.2, 0.25) is 0 Å². The number of amides is 3. The van der Waals surface area contributed by atoms with E-state index >= 15 is 0 Å². The fraction of sp³-hybridized carbons (Fsp3) is 0.640. The van der Waals surface area contributed by atoms with E-state index in [-0.39, 0.29) is 25.2 Å². The molecule has 0 bridgehead atoms. The first-order chi connectivity index (χ1) is 16.5. The van der Waals surface area contributed by atoms with Crippen molar-refractivity contribution in [2.24, 2.45) is 0 Å². The van der Waals surface area contributed by atoms with Crippen LogP contribution in [0.3, 0.4) is 0 Å². The summed E-state index contributed by atoms with van der Waals surface area (Å²) >= 11 is 0. The second-order valence-corrected chi connectivity index (χ2v) is 8.27. The van der Waals surface area contributed by atoms with Crippen molar-refractivity contribution in [3.8, 4) is 5.75 Å². The van der Waals surface area contributed by atoms with Gasteiger partial charge in [0.1, 0.15) is 12.4 Å². The highest BCUT2D eigenvalue weighted by Gasteiger charge is 2.16. The Hall–Kier alpha value is -3.01. The Morgan fingerprint density at radius 3 is 2.11 bits per heavy atom. The largest absolute Gasteiger partial charge is 0.495 e. The third kappa shape index (κ3) is 13.5. The first-order valence-electron chi connectivity index (χ1n) is 12.0. The number of anilines is 1. The lowest BCUT2D eigenvalue weighted by atomic mass is 10.2. The molecule has 0 aliphatic carbocycles. The van der Waals surface area contributed by atoms with Gasteiger partial charge in [0, 0.05) is 46.2 Å². The van der Waals surface area contributed by atoms with E-state index in [4.69, 9.17) is 14.2 Å². The van der Waals surface area contributed by atoms with Crippen LogP contribution in [0.15, 0.2) is 18.2 Å². The molecule has 0 fully saturated rings. The van der Waals surface area contributed by atoms with Crippen LogP contribution in [0.5, 0.6) is 5.75 Å². The van der Waals surface area contributed by atoms with Crippen LogP contribution in [-0.4, -0.2) is 80.9 Å². The zero-order valence-electron chi connectivity index (χ0n) is 22.8. The number of carbonyl (C=O) groups excluding carboxylic acids is 3. The number of nitrogens with zero attached hydrogens (tertiary/aromatic N) is 2. The predicted molar refractivity (Wildman–Crippen MR) is 138 cm³/mol. The van der Waals surface area contributed by atoms with Gasteiger partial charge in [0.2, 0.25) is 5.91 Å². The minimum atomic E-state index is -0.526. The Labute approximate surface area is 210 Å². The molecule has 0 aliphatic heterocycles. The topological polar surface area (TPSA) is 109 Å². The van der Waals surface area contributed by atoms with E-state index in [0.29, 0.717) is 42.6 Å². The second kappa shape index (κ2) is 17.4. The lowest BCUT2D eigenvalue weighted by Gasteiger charge is -2.22. The van der Waals surface area contributed by atoms with Gasteiger partial charge in [0.15, 0.2) is 0 Å². The lowest BCUT2D eigenvalue weighted by molar-refractivity contribution is -0.116. The van der Waals surface area contributed by atoms with E-state index in [1.165, 1.54) is 16.9 Å². The smallest absolute Gasteiger partial charge is 0.409 e. The molecule has 0 aromatic heterocycles. The first kappa shape index (κ1) is 32.0. The van der Waals surface area contributed by atoms with Crippen LogP contribution in [0.1, 0.15) is 53.5 Å². The van der Waals surface area contributed by atoms with E-state index in [1.807, 2.05) is 27.7 Å². The molecule has 10 heteroatoms. The third-order valence-corrected chi connectivity index (χ3v) is 4.54. The number of nitrogens with one attached hydrogen (secondary N) is 2. The van der Waals surface area contributed by atoms with Crippen molar-refractivity contribution < 1.29 is 28.6 Å². The Morgan fingerprint density at radius 1 is 0.971 bits per heavy atom. The SMILES string of the molecule is CC.COc1ccc(COC(=O)N(C)CCN(C)C(=O)OC(C)C)cc1NC(=O)CCNC(C)C. The molecule has 0 spiro atoms. The maximum Gasteiger partial charge on any atom is 0.409 e. The molecule has 1 rings (SSSR count). The van der Waals surface area contributed by atoms with Gasteiger partial charge < -0.3 is 34.6 Å². The average Bonchev–Trinajstić information content (AvgIpc) is 2.81. The molecule has 0 unspecified atom stereocenters. The fourth-order valence-electron chi connectivity index (χ4n) is 2.66. The summed E-state index contributed by atoms with van der Waals surface area (Å²) in [6.07, 6.45) is -0.857. The van der Waals surface area contributed by atoms with Crippen molar-refractivity contribution in [1.29, 1.82) is 0 Å². The number of hydrogen-bond donors (Lipinski definition) is 2. The minimum Gasteiger partial charge on any atom is -0.495 e. The second-order valence-electron chi connectivity index (χ2n) is 8.27. The lowest BCUT2D eigenvalue weighted by Crippen LogP contribution is -2.38. The van der Waals surface area contributed by atoms with Gasteiger partial charge in [-0.15, -0.1) is 0 Å². The molecule has 2 N–H and O–H groups in total. The molecule has 0 saturated heterocycles. The Balaban J connectivity index is 0.00000562. The fourth-order valence-corrected chi connectivity index (χ4v) is 2.66. The van der Waals surface area contributed by atoms with E-state index in [9.17, 15) is 14.4 Å². The molecule has 1 aromatic rings. The summed E-state index contributed by atoms with van der Waals surface area (Å²) in [6.45, 7) is 12.8. The van der Waals surface area contributed by atoms with E-state index in [0.717, 1.165) is 0 Å². The van der Waals surface area contributed by atoms with Gasteiger partial charge in [-0.2, -0.15) is 0 Å². The van der Waals surface area contributed by atoms with Crippen molar-refractivity contribution in [3.05, 3.63) is 23.8 Å². The molecule has 0 aliphatic rings. The van der Waals surface area contributed by atoms with Gasteiger partial charge in [0.05, 0.1) is 18.9 Å². The highest BCUT2D eigenvalue weighted by Crippen LogP contribution is 2.26. The molecule has 35 heavy (non-hydrogen) atoms. The molecular weight excluding hydrogens is 452 g/mol. The summed E-state index contributed by atoms with van der Waals surface area (Å²) in [4.78, 5) is 39.1. The molecule has 0 heterocycles. The predicted octanol–water partition coefficient (Wildman–Crippen LogP) is 4.09. The summed E-state index contributed by atoms with van der Waals surface area (Å²) in [5.74, 6) is 0.374. The maximum absolute atomic E-state index is 12.3. The number of carbonyl (C=O) groups is 3. The van der Waals surface area contributed by atoms with Crippen LogP contribution < -0.4 is 15.4 Å². The molecule has 0 radical (unpaired) electrons. The third-order valence-electron chi connectivity index (χ3n) is 4.54. The summed E-state index contributed by atoms with van der Waals surface area (Å²) < 4.78 is 15.8. The molecule has 1 aromatic carbocycles. The highest BCUT2D eigenvalue weighted by molar-refractivity contribution is 5.92. The van der Waals surface area contributed by atoms with Crippen molar-refractivity contribution in [3.63, 3.8) is 0 Å². The van der Waals surface area contributed by atoms with Crippen LogP contribution in [-0.2, 0) is 20.9 Å². The van der Waals surface area contributed by atoms with Gasteiger partial charge in [-0.1, -0.05) is 33.8 Å². The van der Waals surface area contributed by atoms with Crippen LogP contribution in [0.4, 0.5) is 15.3 Å². The highest BCUT2D eigenvalue weighted by atomic mass is 16.6. The molecule has 200 valence electrons. The van der Waals surface area contributed by atoms with Crippen molar-refractivity contribution >= 4 is 23.8 Å². The van der Waals surface area contributed by atoms with Crippen molar-refractivity contribution in [2.45, 2.75) is 66.7 Å². The molecule has 10 nitrogen and oxygen atoms in total. The zero-order valence-corrected chi connectivity index (χ0v) is 22.8. The molecule has 0 atom stereocenters. The van der Waals surface area contributed by atoms with Gasteiger partial charge in [-0.25, -0.2) is 9.59 Å². The first-order valence-corrected chi connectivity index (χ1v) is 12.0. The Bertz CT molecular complexity index is 785. The van der Waals surface area contributed by atoms with Crippen LogP contribution in [0, 0.1) is 0 Å². The van der Waals surface area contributed by atoms with Gasteiger partial charge in [0.25, 0.3) is 0 Å². The number of ether oxygens (including phenoxy) is 3. The quantitative estimate of drug-likeness (QED) is 0.448. The standard InChI is InChI=1S/C23H38N4O6.C2H6/c1-16(2)24-11-10-21(28)25-19-14-18(8-9-20(19)31-7)15-32-22(29)26(5)12-13-27(6)23(30)33-17(3)4;1-2/h8-9,14,16-17,24H,10-13,15H2,1-7H3,(H,25,28);1-2H3. The monoisotopic (exact) mass is 496 g/mol. The van der Waals surface area contributed by atoms with Crippen LogP contribution in [0.25, 0.3) is 0 Å². The number of benzene rings is 1. The molecule has 0 saturated carbocycles. The summed E-state index contributed by atoms with van der Waals surface area (Å²) in [5, 5.41) is 6.03. The summed E-state index contributed by atoms with van der Waals surface area (Å²) in [7, 11) is 4.72. The average molecular weight is 497 g/mol. The maximum atomic E-state index is 12.3. The number of hydrogen-bond acceptors (Lipinski definition) is 7. The van der Waals surface area contributed by atoms with E-state index < -0.39 is 12.2 Å². The summed E-state index contributed by atoms with van der Waals surface area (Å²) in [6, 6.07) is 5.50. The van der Waals surface area contributed by atoms with E-state index in [2.05, 4.69) is 10.6 Å². The number of likely N-dealkylation sites (N-methyl/N-ethyl adjacent to an activating group) is 2. The normalized spacial score (nSPS) is 10.3. The van der Waals surface area contributed by atoms with Gasteiger partial charge in [-0.05, 0) is 31.5 Å². The van der Waals surface area contributed by atoms with Gasteiger partial charge >= 0.3 is 12.2 Å². The number of rotatable bonds is 12. The van der Waals surface area contributed by atoms with E-state index in [1.54, 1.807) is 46.1 Å². The number of methoxy groups -OCH3 is 1. The van der Waals surface area contributed by atoms with Crippen molar-refractivity contribution in [1.82, 2.24) is 15.1 Å². The van der Waals surface area contributed by atoms with Crippen molar-refractivity contribution in [2.75, 3.05) is 46.2 Å². The molecule has 3 amide bonds. The van der Waals surface area contributed by atoms with Crippen LogP contribution >= 0.6 is 0 Å². The Morgan fingerprint density at radius 2 is 1.57 bits per heavy atom.